The molecule has 0 radical (unpaired) electrons. The van der Waals surface area contributed by atoms with Gasteiger partial charge in [0.15, 0.2) is 0 Å². The molecule has 0 saturated carbocycles. The van der Waals surface area contributed by atoms with Crippen LogP contribution in [0, 0.1) is 0 Å². The molecule has 0 heterocycles. The van der Waals surface area contributed by atoms with Crippen molar-refractivity contribution >= 4 is 17.5 Å². The Morgan fingerprint density at radius 3 is 2.54 bits per heavy atom. The number of aryl methyl sites for hydroxylation is 3. The highest BCUT2D eigenvalue weighted by Gasteiger charge is 2.18. The second-order valence-corrected chi connectivity index (χ2v) is 6.91. The van der Waals surface area contributed by atoms with E-state index in [1.165, 1.54) is 28.9 Å². The van der Waals surface area contributed by atoms with Gasteiger partial charge in [0.05, 0.1) is 6.54 Å². The molecule has 1 aliphatic rings. The molecule has 0 unspecified atom stereocenters. The molecule has 4 nitrogen and oxygen atoms in total. The Bertz CT molecular complexity index is 814. The zero-order chi connectivity index (χ0) is 18.5. The van der Waals surface area contributed by atoms with Gasteiger partial charge in [-0.2, -0.15) is 0 Å². The maximum Gasteiger partial charge on any atom is 0.254 e. The fourth-order valence-electron chi connectivity index (χ4n) is 3.51. The molecule has 3 rings (SSSR count). The van der Waals surface area contributed by atoms with Crippen LogP contribution in [0.1, 0.15) is 46.8 Å². The van der Waals surface area contributed by atoms with Crippen LogP contribution in [0.25, 0.3) is 0 Å². The predicted molar refractivity (Wildman–Crippen MR) is 104 cm³/mol. The third-order valence-corrected chi connectivity index (χ3v) is 5.00. The molecule has 0 aromatic heterocycles. The van der Waals surface area contributed by atoms with Crippen LogP contribution in [0.3, 0.4) is 0 Å². The average molecular weight is 350 g/mol. The lowest BCUT2D eigenvalue weighted by atomic mass is 9.90. The van der Waals surface area contributed by atoms with E-state index in [9.17, 15) is 9.59 Å². The summed E-state index contributed by atoms with van der Waals surface area (Å²) in [6.45, 7) is 2.09. The van der Waals surface area contributed by atoms with Crippen molar-refractivity contribution < 1.29 is 9.59 Å². The van der Waals surface area contributed by atoms with Gasteiger partial charge < -0.3 is 10.2 Å². The number of fused-ring (bicyclic) bond motifs is 1. The van der Waals surface area contributed by atoms with Crippen molar-refractivity contribution in [3.05, 3.63) is 64.7 Å². The third kappa shape index (κ3) is 4.13. The standard InChI is InChI=1S/C22H26N2O2/c1-3-16-8-6-7-11-20(16)23-21(25)15-24(2)22(26)19-13-12-17-9-4-5-10-18(17)14-19/h6-8,11-14H,3-5,9-10,15H2,1-2H3,(H,23,25). The maximum atomic E-state index is 12.7. The van der Waals surface area contributed by atoms with Crippen LogP contribution in [0.4, 0.5) is 5.69 Å². The first-order valence-corrected chi connectivity index (χ1v) is 9.33. The molecule has 136 valence electrons. The van der Waals surface area contributed by atoms with E-state index in [0.29, 0.717) is 5.56 Å². The van der Waals surface area contributed by atoms with Gasteiger partial charge in [-0.25, -0.2) is 0 Å². The van der Waals surface area contributed by atoms with Gasteiger partial charge in [0.1, 0.15) is 0 Å². The summed E-state index contributed by atoms with van der Waals surface area (Å²) in [5, 5.41) is 2.92. The Morgan fingerprint density at radius 1 is 1.04 bits per heavy atom. The summed E-state index contributed by atoms with van der Waals surface area (Å²) in [5.41, 5.74) is 5.19. The normalized spacial score (nSPS) is 13.0. The number of anilines is 1. The van der Waals surface area contributed by atoms with Crippen molar-refractivity contribution in [3.63, 3.8) is 0 Å². The molecule has 1 aliphatic carbocycles. The Morgan fingerprint density at radius 2 is 1.77 bits per heavy atom. The summed E-state index contributed by atoms with van der Waals surface area (Å²) < 4.78 is 0. The number of rotatable bonds is 5. The van der Waals surface area contributed by atoms with Crippen molar-refractivity contribution in [3.8, 4) is 0 Å². The van der Waals surface area contributed by atoms with Gasteiger partial charge in [0.25, 0.3) is 5.91 Å². The highest BCUT2D eigenvalue weighted by Crippen LogP contribution is 2.22. The lowest BCUT2D eigenvalue weighted by Crippen LogP contribution is -2.35. The first-order chi connectivity index (χ1) is 12.6. The molecule has 0 bridgehead atoms. The van der Waals surface area contributed by atoms with Crippen molar-refractivity contribution in [2.24, 2.45) is 0 Å². The van der Waals surface area contributed by atoms with Crippen molar-refractivity contribution in [2.75, 3.05) is 18.9 Å². The lowest BCUT2D eigenvalue weighted by Gasteiger charge is -2.20. The minimum absolute atomic E-state index is 0.0357. The minimum Gasteiger partial charge on any atom is -0.332 e. The quantitative estimate of drug-likeness (QED) is 0.891. The van der Waals surface area contributed by atoms with E-state index in [1.54, 1.807) is 7.05 Å². The Labute approximate surface area is 155 Å². The topological polar surface area (TPSA) is 49.4 Å². The second-order valence-electron chi connectivity index (χ2n) is 6.91. The fraction of sp³-hybridized carbons (Fsp3) is 0.364. The summed E-state index contributed by atoms with van der Waals surface area (Å²) in [7, 11) is 1.67. The average Bonchev–Trinajstić information content (AvgIpc) is 2.67. The van der Waals surface area contributed by atoms with E-state index in [0.717, 1.165) is 30.5 Å². The highest BCUT2D eigenvalue weighted by molar-refractivity contribution is 5.99. The first-order valence-electron chi connectivity index (χ1n) is 9.33. The molecule has 2 aromatic carbocycles. The molecular weight excluding hydrogens is 324 g/mol. The van der Waals surface area contributed by atoms with Crippen LogP contribution in [0.2, 0.25) is 0 Å². The molecule has 2 amide bonds. The van der Waals surface area contributed by atoms with Gasteiger partial charge in [-0.15, -0.1) is 0 Å². The molecule has 0 spiro atoms. The van der Waals surface area contributed by atoms with Crippen molar-refractivity contribution in [1.29, 1.82) is 0 Å². The summed E-state index contributed by atoms with van der Waals surface area (Å²) >= 11 is 0. The highest BCUT2D eigenvalue weighted by atomic mass is 16.2. The van der Waals surface area contributed by atoms with E-state index in [4.69, 9.17) is 0 Å². The second kappa shape index (κ2) is 8.17. The number of amides is 2. The number of para-hydroxylation sites is 1. The first kappa shape index (κ1) is 18.2. The number of nitrogens with one attached hydrogen (secondary N) is 1. The molecule has 26 heavy (non-hydrogen) atoms. The largest absolute Gasteiger partial charge is 0.332 e. The number of carbonyl (C=O) groups excluding carboxylic acids is 2. The molecule has 0 saturated heterocycles. The van der Waals surface area contributed by atoms with Gasteiger partial charge in [-0.05, 0) is 67.0 Å². The van der Waals surface area contributed by atoms with Crippen LogP contribution in [-0.2, 0) is 24.1 Å². The fourth-order valence-corrected chi connectivity index (χ4v) is 3.51. The molecule has 0 atom stereocenters. The van der Waals surface area contributed by atoms with E-state index >= 15 is 0 Å². The number of nitrogens with zero attached hydrogens (tertiary/aromatic N) is 1. The van der Waals surface area contributed by atoms with Crippen molar-refractivity contribution in [1.82, 2.24) is 4.90 Å². The third-order valence-electron chi connectivity index (χ3n) is 5.00. The van der Waals surface area contributed by atoms with Crippen molar-refractivity contribution in [2.45, 2.75) is 39.0 Å². The van der Waals surface area contributed by atoms with Gasteiger partial charge in [0, 0.05) is 18.3 Å². The van der Waals surface area contributed by atoms with Crippen LogP contribution in [0.15, 0.2) is 42.5 Å². The summed E-state index contributed by atoms with van der Waals surface area (Å²) in [5.74, 6) is -0.294. The lowest BCUT2D eigenvalue weighted by molar-refractivity contribution is -0.116. The molecule has 0 aliphatic heterocycles. The zero-order valence-electron chi connectivity index (χ0n) is 15.5. The summed E-state index contributed by atoms with van der Waals surface area (Å²) in [6, 6.07) is 13.7. The van der Waals surface area contributed by atoms with E-state index in [-0.39, 0.29) is 18.4 Å². The number of likely N-dealkylation sites (N-methyl/N-ethyl adjacent to an activating group) is 1. The Balaban J connectivity index is 1.64. The number of hydrogen-bond donors (Lipinski definition) is 1. The van der Waals surface area contributed by atoms with E-state index < -0.39 is 0 Å². The summed E-state index contributed by atoms with van der Waals surface area (Å²) in [4.78, 5) is 26.5. The van der Waals surface area contributed by atoms with E-state index in [2.05, 4.69) is 18.3 Å². The van der Waals surface area contributed by atoms with Gasteiger partial charge >= 0.3 is 0 Å². The molecule has 2 aromatic rings. The smallest absolute Gasteiger partial charge is 0.254 e. The molecule has 4 heteroatoms. The monoisotopic (exact) mass is 350 g/mol. The van der Waals surface area contributed by atoms with Gasteiger partial charge in [-0.3, -0.25) is 9.59 Å². The van der Waals surface area contributed by atoms with Crippen LogP contribution in [-0.4, -0.2) is 30.3 Å². The zero-order valence-corrected chi connectivity index (χ0v) is 15.5. The molecular formula is C22H26N2O2. The number of benzene rings is 2. The number of hydrogen-bond acceptors (Lipinski definition) is 2. The van der Waals surface area contributed by atoms with Crippen LogP contribution >= 0.6 is 0 Å². The predicted octanol–water partition coefficient (Wildman–Crippen LogP) is 3.84. The minimum atomic E-state index is -0.181. The summed E-state index contributed by atoms with van der Waals surface area (Å²) in [6.07, 6.45) is 5.38. The SMILES string of the molecule is CCc1ccccc1NC(=O)CN(C)C(=O)c1ccc2c(c1)CCCC2. The Hall–Kier alpha value is -2.62. The van der Waals surface area contributed by atoms with Crippen LogP contribution in [0.5, 0.6) is 0 Å². The number of carbonyl (C=O) groups is 2. The van der Waals surface area contributed by atoms with Gasteiger partial charge in [-0.1, -0.05) is 31.2 Å². The van der Waals surface area contributed by atoms with Gasteiger partial charge in [0.2, 0.25) is 5.91 Å². The Kier molecular flexibility index (Phi) is 5.71. The molecule has 1 N–H and O–H groups in total. The molecule has 0 fully saturated rings. The van der Waals surface area contributed by atoms with E-state index in [1.807, 2.05) is 36.4 Å². The van der Waals surface area contributed by atoms with Crippen LogP contribution < -0.4 is 5.32 Å². The maximum absolute atomic E-state index is 12.7.